The summed E-state index contributed by atoms with van der Waals surface area (Å²) in [6, 6.07) is 11.0. The molecule has 0 N–H and O–H groups in total. The first-order valence-electron chi connectivity index (χ1n) is 8.75. The second kappa shape index (κ2) is 8.31. The van der Waals surface area contributed by atoms with Crippen molar-refractivity contribution in [1.29, 1.82) is 0 Å². The average Bonchev–Trinajstić information content (AvgIpc) is 2.96. The molecule has 2 aromatic heterocycles. The molecule has 142 valence electrons. The minimum Gasteiger partial charge on any atom is -0.494 e. The first-order chi connectivity index (χ1) is 13.0. The highest BCUT2D eigenvalue weighted by molar-refractivity contribution is 6.30. The van der Waals surface area contributed by atoms with E-state index >= 15 is 0 Å². The Balaban J connectivity index is 1.65. The molecule has 0 bridgehead atoms. The third-order valence-corrected chi connectivity index (χ3v) is 4.34. The zero-order chi connectivity index (χ0) is 19.4. The van der Waals surface area contributed by atoms with Crippen LogP contribution >= 0.6 is 11.6 Å². The second-order valence-electron chi connectivity index (χ2n) is 6.10. The standard InChI is InChI=1S/C20H22ClN3O3/c1-4-26-16-6-5-7-17(12-16)27-11-10-23(3)20(25)19-14(2)22-18-9-8-15(21)13-24(18)19/h5-9,12-13H,4,10-11H2,1-3H3. The molecule has 2 heterocycles. The van der Waals surface area contributed by atoms with E-state index in [4.69, 9.17) is 21.1 Å². The van der Waals surface area contributed by atoms with E-state index in [0.29, 0.717) is 47.6 Å². The molecule has 6 nitrogen and oxygen atoms in total. The van der Waals surface area contributed by atoms with Crippen LogP contribution in [0.15, 0.2) is 42.6 Å². The fourth-order valence-corrected chi connectivity index (χ4v) is 2.96. The van der Waals surface area contributed by atoms with Crippen molar-refractivity contribution < 1.29 is 14.3 Å². The number of aryl methyl sites for hydroxylation is 1. The first kappa shape index (κ1) is 19.0. The fraction of sp³-hybridized carbons (Fsp3) is 0.300. The monoisotopic (exact) mass is 387 g/mol. The van der Waals surface area contributed by atoms with Gasteiger partial charge in [-0.15, -0.1) is 0 Å². The van der Waals surface area contributed by atoms with Gasteiger partial charge in [0.25, 0.3) is 5.91 Å². The number of likely N-dealkylation sites (N-methyl/N-ethyl adjacent to an activating group) is 1. The summed E-state index contributed by atoms with van der Waals surface area (Å²) in [6.45, 7) is 5.16. The van der Waals surface area contributed by atoms with Gasteiger partial charge in [-0.1, -0.05) is 17.7 Å². The van der Waals surface area contributed by atoms with Gasteiger partial charge in [0.2, 0.25) is 0 Å². The molecule has 0 aliphatic rings. The van der Waals surface area contributed by atoms with E-state index in [9.17, 15) is 4.79 Å². The Morgan fingerprint density at radius 2 is 1.96 bits per heavy atom. The minimum absolute atomic E-state index is 0.131. The minimum atomic E-state index is -0.131. The van der Waals surface area contributed by atoms with Crippen molar-refractivity contribution in [1.82, 2.24) is 14.3 Å². The summed E-state index contributed by atoms with van der Waals surface area (Å²) in [5.41, 5.74) is 1.87. The number of hydrogen-bond acceptors (Lipinski definition) is 4. The van der Waals surface area contributed by atoms with E-state index < -0.39 is 0 Å². The number of imidazole rings is 1. The molecule has 0 fully saturated rings. The van der Waals surface area contributed by atoms with E-state index in [2.05, 4.69) is 4.98 Å². The molecule has 1 amide bonds. The number of hydrogen-bond donors (Lipinski definition) is 0. The molecule has 0 unspecified atom stereocenters. The number of rotatable bonds is 7. The molecule has 0 aliphatic carbocycles. The Hall–Kier alpha value is -2.73. The molecule has 0 radical (unpaired) electrons. The molecule has 0 atom stereocenters. The van der Waals surface area contributed by atoms with Crippen molar-refractivity contribution in [3.63, 3.8) is 0 Å². The van der Waals surface area contributed by atoms with Crippen LogP contribution in [0.1, 0.15) is 23.1 Å². The number of carbonyl (C=O) groups excluding carboxylic acids is 1. The van der Waals surface area contributed by atoms with E-state index in [1.165, 1.54) is 0 Å². The highest BCUT2D eigenvalue weighted by atomic mass is 35.5. The molecule has 0 aliphatic heterocycles. The molecule has 1 aromatic carbocycles. The molecule has 27 heavy (non-hydrogen) atoms. The van der Waals surface area contributed by atoms with Crippen molar-refractivity contribution in [2.24, 2.45) is 0 Å². The number of amides is 1. The highest BCUT2D eigenvalue weighted by Crippen LogP contribution is 2.20. The lowest BCUT2D eigenvalue weighted by atomic mass is 10.3. The zero-order valence-electron chi connectivity index (χ0n) is 15.6. The van der Waals surface area contributed by atoms with Crippen LogP contribution in [-0.2, 0) is 0 Å². The summed E-state index contributed by atoms with van der Waals surface area (Å²) in [5.74, 6) is 1.34. The van der Waals surface area contributed by atoms with E-state index in [0.717, 1.165) is 5.75 Å². The summed E-state index contributed by atoms with van der Waals surface area (Å²) in [7, 11) is 1.74. The third-order valence-electron chi connectivity index (χ3n) is 4.12. The van der Waals surface area contributed by atoms with E-state index in [1.54, 1.807) is 34.7 Å². The number of pyridine rings is 1. The fourth-order valence-electron chi connectivity index (χ4n) is 2.80. The maximum absolute atomic E-state index is 12.9. The molecule has 3 rings (SSSR count). The number of fused-ring (bicyclic) bond motifs is 1. The molecular formula is C20H22ClN3O3. The number of halogens is 1. The lowest BCUT2D eigenvalue weighted by Crippen LogP contribution is -2.32. The van der Waals surface area contributed by atoms with Gasteiger partial charge < -0.3 is 14.4 Å². The van der Waals surface area contributed by atoms with Gasteiger partial charge in [-0.2, -0.15) is 0 Å². The summed E-state index contributed by atoms with van der Waals surface area (Å²) < 4.78 is 12.9. The molecule has 3 aromatic rings. The average molecular weight is 388 g/mol. The topological polar surface area (TPSA) is 56.1 Å². The van der Waals surface area contributed by atoms with Gasteiger partial charge in [-0.05, 0) is 38.1 Å². The van der Waals surface area contributed by atoms with Crippen LogP contribution in [0.5, 0.6) is 11.5 Å². The van der Waals surface area contributed by atoms with Crippen molar-refractivity contribution in [2.75, 3.05) is 26.8 Å². The van der Waals surface area contributed by atoms with Gasteiger partial charge >= 0.3 is 0 Å². The number of carbonyl (C=O) groups is 1. The van der Waals surface area contributed by atoms with Crippen LogP contribution in [-0.4, -0.2) is 47.0 Å². The predicted octanol–water partition coefficient (Wildman–Crippen LogP) is 3.85. The lowest BCUT2D eigenvalue weighted by Gasteiger charge is -2.18. The summed E-state index contributed by atoms with van der Waals surface area (Å²) in [4.78, 5) is 18.9. The van der Waals surface area contributed by atoms with Gasteiger partial charge in [-0.25, -0.2) is 4.98 Å². The van der Waals surface area contributed by atoms with Gasteiger partial charge in [-0.3, -0.25) is 9.20 Å². The van der Waals surface area contributed by atoms with Crippen molar-refractivity contribution in [3.8, 4) is 11.5 Å². The zero-order valence-corrected chi connectivity index (χ0v) is 16.4. The van der Waals surface area contributed by atoms with Crippen molar-refractivity contribution in [3.05, 3.63) is 59.0 Å². The third kappa shape index (κ3) is 4.34. The van der Waals surface area contributed by atoms with Crippen LogP contribution in [0.25, 0.3) is 5.65 Å². The second-order valence-corrected chi connectivity index (χ2v) is 6.54. The number of nitrogens with zero attached hydrogens (tertiary/aromatic N) is 3. The molecule has 0 saturated heterocycles. The highest BCUT2D eigenvalue weighted by Gasteiger charge is 2.20. The largest absolute Gasteiger partial charge is 0.494 e. The predicted molar refractivity (Wildman–Crippen MR) is 105 cm³/mol. The maximum Gasteiger partial charge on any atom is 0.272 e. The normalized spacial score (nSPS) is 10.8. The number of aromatic nitrogens is 2. The molecular weight excluding hydrogens is 366 g/mol. The number of ether oxygens (including phenoxy) is 2. The summed E-state index contributed by atoms with van der Waals surface area (Å²) >= 11 is 6.07. The Bertz CT molecular complexity index is 955. The smallest absolute Gasteiger partial charge is 0.272 e. The van der Waals surface area contributed by atoms with Gasteiger partial charge in [0.15, 0.2) is 0 Å². The van der Waals surface area contributed by atoms with Crippen LogP contribution < -0.4 is 9.47 Å². The van der Waals surface area contributed by atoms with Gasteiger partial charge in [0.05, 0.1) is 23.9 Å². The Morgan fingerprint density at radius 1 is 1.22 bits per heavy atom. The van der Waals surface area contributed by atoms with Crippen molar-refractivity contribution in [2.45, 2.75) is 13.8 Å². The maximum atomic E-state index is 12.9. The Kier molecular flexibility index (Phi) is 5.86. The summed E-state index contributed by atoms with van der Waals surface area (Å²) in [5, 5.41) is 0.550. The van der Waals surface area contributed by atoms with Crippen LogP contribution in [0.3, 0.4) is 0 Å². The van der Waals surface area contributed by atoms with Gasteiger partial charge in [0.1, 0.15) is 29.4 Å². The lowest BCUT2D eigenvalue weighted by molar-refractivity contribution is 0.0766. The van der Waals surface area contributed by atoms with Crippen LogP contribution in [0.4, 0.5) is 0 Å². The molecule has 0 spiro atoms. The molecule has 0 saturated carbocycles. The molecule has 7 heteroatoms. The van der Waals surface area contributed by atoms with Gasteiger partial charge in [0, 0.05) is 19.3 Å². The Morgan fingerprint density at radius 3 is 2.70 bits per heavy atom. The van der Waals surface area contributed by atoms with E-state index in [1.807, 2.05) is 38.1 Å². The summed E-state index contributed by atoms with van der Waals surface area (Å²) in [6.07, 6.45) is 1.70. The quantitative estimate of drug-likeness (QED) is 0.618. The van der Waals surface area contributed by atoms with Crippen molar-refractivity contribution >= 4 is 23.2 Å². The van der Waals surface area contributed by atoms with E-state index in [-0.39, 0.29) is 5.91 Å². The van der Waals surface area contributed by atoms with Crippen LogP contribution in [0, 0.1) is 6.92 Å². The number of benzene rings is 1. The SMILES string of the molecule is CCOc1cccc(OCCN(C)C(=O)c2c(C)nc3ccc(Cl)cn23)c1. The van der Waals surface area contributed by atoms with Crippen LogP contribution in [0.2, 0.25) is 5.02 Å². The Labute approximate surface area is 163 Å². The first-order valence-corrected chi connectivity index (χ1v) is 9.12.